The number of hydrogen-bond acceptors (Lipinski definition) is 3. The van der Waals surface area contributed by atoms with Crippen LogP contribution in [0.1, 0.15) is 13.8 Å². The number of rotatable bonds is 4. The first-order chi connectivity index (χ1) is 7.68. The molecule has 0 aliphatic rings. The molecule has 2 aromatic rings. The molecule has 2 aromatic heterocycles. The lowest BCUT2D eigenvalue weighted by atomic mass is 10.1. The van der Waals surface area contributed by atoms with E-state index < -0.39 is 0 Å². The van der Waals surface area contributed by atoms with E-state index in [1.54, 1.807) is 11.3 Å². The van der Waals surface area contributed by atoms with Gasteiger partial charge in [-0.2, -0.15) is 0 Å². The molecular formula is C12H17N3S. The molecule has 0 saturated carbocycles. The number of thiophene rings is 1. The van der Waals surface area contributed by atoms with E-state index in [0.29, 0.717) is 5.92 Å². The molecule has 2 rings (SSSR count). The van der Waals surface area contributed by atoms with E-state index in [1.165, 1.54) is 4.88 Å². The normalized spacial score (nSPS) is 13.2. The highest BCUT2D eigenvalue weighted by Crippen LogP contribution is 2.24. The zero-order valence-electron chi connectivity index (χ0n) is 9.63. The van der Waals surface area contributed by atoms with Crippen LogP contribution in [0, 0.1) is 5.92 Å². The van der Waals surface area contributed by atoms with Crippen LogP contribution in [0.4, 0.5) is 0 Å². The molecule has 0 amide bonds. The van der Waals surface area contributed by atoms with Crippen LogP contribution in [0.5, 0.6) is 0 Å². The van der Waals surface area contributed by atoms with E-state index in [0.717, 1.165) is 12.2 Å². The Balaban J connectivity index is 2.20. The lowest BCUT2D eigenvalue weighted by molar-refractivity contribution is 0.435. The van der Waals surface area contributed by atoms with Gasteiger partial charge < -0.3 is 10.3 Å². The number of nitrogens with zero attached hydrogens (tertiary/aromatic N) is 2. The van der Waals surface area contributed by atoms with Gasteiger partial charge in [-0.15, -0.1) is 11.3 Å². The largest absolute Gasteiger partial charge is 0.328 e. The highest BCUT2D eigenvalue weighted by atomic mass is 32.1. The van der Waals surface area contributed by atoms with E-state index >= 15 is 0 Å². The van der Waals surface area contributed by atoms with Crippen LogP contribution in [-0.4, -0.2) is 15.6 Å². The summed E-state index contributed by atoms with van der Waals surface area (Å²) in [5.74, 6) is 0.485. The highest BCUT2D eigenvalue weighted by molar-refractivity contribution is 7.13. The summed E-state index contributed by atoms with van der Waals surface area (Å²) in [4.78, 5) is 5.45. The molecule has 0 spiro atoms. The van der Waals surface area contributed by atoms with Crippen LogP contribution in [0.2, 0.25) is 0 Å². The fourth-order valence-corrected chi connectivity index (χ4v) is 2.29. The average molecular weight is 235 g/mol. The summed E-state index contributed by atoms with van der Waals surface area (Å²) in [6.45, 7) is 5.11. The Labute approximate surface area is 99.9 Å². The molecule has 0 bridgehead atoms. The molecule has 0 radical (unpaired) electrons. The molecule has 0 aromatic carbocycles. The Bertz CT molecular complexity index is 431. The van der Waals surface area contributed by atoms with Crippen LogP contribution >= 0.6 is 11.3 Å². The lowest BCUT2D eigenvalue weighted by Gasteiger charge is -2.17. The molecular weight excluding hydrogens is 218 g/mol. The molecule has 4 heteroatoms. The van der Waals surface area contributed by atoms with Crippen molar-refractivity contribution in [2.24, 2.45) is 11.7 Å². The first-order valence-electron chi connectivity index (χ1n) is 5.48. The van der Waals surface area contributed by atoms with Crippen LogP contribution in [0.3, 0.4) is 0 Å². The highest BCUT2D eigenvalue weighted by Gasteiger charge is 2.12. The second-order valence-electron chi connectivity index (χ2n) is 4.32. The Morgan fingerprint density at radius 1 is 1.50 bits per heavy atom. The minimum Gasteiger partial charge on any atom is -0.328 e. The summed E-state index contributed by atoms with van der Waals surface area (Å²) >= 11 is 1.73. The Morgan fingerprint density at radius 2 is 2.31 bits per heavy atom. The van der Waals surface area contributed by atoms with Gasteiger partial charge in [0.15, 0.2) is 0 Å². The maximum absolute atomic E-state index is 6.08. The third kappa shape index (κ3) is 2.33. The zero-order valence-corrected chi connectivity index (χ0v) is 10.4. The SMILES string of the molecule is CC(C)C(N)Cn1cncc1-c1cccs1. The van der Waals surface area contributed by atoms with Gasteiger partial charge in [-0.25, -0.2) is 4.98 Å². The maximum atomic E-state index is 6.08. The standard InChI is InChI=1S/C12H17N3S/c1-9(2)10(13)7-15-8-14-6-11(15)12-4-3-5-16-12/h3-6,8-10H,7,13H2,1-2H3. The minimum atomic E-state index is 0.174. The van der Waals surface area contributed by atoms with Crippen molar-refractivity contribution >= 4 is 11.3 Å². The van der Waals surface area contributed by atoms with E-state index in [4.69, 9.17) is 5.73 Å². The molecule has 0 aliphatic heterocycles. The second kappa shape index (κ2) is 4.80. The third-order valence-electron chi connectivity index (χ3n) is 2.75. The fourth-order valence-electron chi connectivity index (χ4n) is 1.53. The number of imidazole rings is 1. The van der Waals surface area contributed by atoms with Gasteiger partial charge in [0, 0.05) is 12.6 Å². The van der Waals surface area contributed by atoms with E-state index in [2.05, 4.69) is 40.9 Å². The maximum Gasteiger partial charge on any atom is 0.0951 e. The first kappa shape index (κ1) is 11.4. The summed E-state index contributed by atoms with van der Waals surface area (Å²) in [6.07, 6.45) is 3.76. The third-order valence-corrected chi connectivity index (χ3v) is 3.64. The minimum absolute atomic E-state index is 0.174. The predicted octanol–water partition coefficient (Wildman–Crippen LogP) is 2.59. The fraction of sp³-hybridized carbons (Fsp3) is 0.417. The number of aromatic nitrogens is 2. The smallest absolute Gasteiger partial charge is 0.0951 e. The van der Waals surface area contributed by atoms with E-state index in [1.807, 2.05) is 12.5 Å². The van der Waals surface area contributed by atoms with Gasteiger partial charge in [0.05, 0.1) is 23.1 Å². The summed E-state index contributed by atoms with van der Waals surface area (Å²) in [5, 5.41) is 2.08. The number of hydrogen-bond donors (Lipinski definition) is 1. The second-order valence-corrected chi connectivity index (χ2v) is 5.26. The monoisotopic (exact) mass is 235 g/mol. The van der Waals surface area contributed by atoms with Gasteiger partial charge in [0.1, 0.15) is 0 Å². The summed E-state index contributed by atoms with van der Waals surface area (Å²) < 4.78 is 2.14. The molecule has 0 aliphatic carbocycles. The first-order valence-corrected chi connectivity index (χ1v) is 6.36. The molecule has 0 fully saturated rings. The van der Waals surface area contributed by atoms with Crippen molar-refractivity contribution in [1.82, 2.24) is 9.55 Å². The van der Waals surface area contributed by atoms with Gasteiger partial charge in [0.25, 0.3) is 0 Å². The van der Waals surface area contributed by atoms with E-state index in [9.17, 15) is 0 Å². The Kier molecular flexibility index (Phi) is 3.41. The predicted molar refractivity (Wildman–Crippen MR) is 68.4 cm³/mol. The molecule has 1 atom stereocenters. The van der Waals surface area contributed by atoms with Gasteiger partial charge in [-0.05, 0) is 17.4 Å². The van der Waals surface area contributed by atoms with E-state index in [-0.39, 0.29) is 6.04 Å². The van der Waals surface area contributed by atoms with Crippen molar-refractivity contribution < 1.29 is 0 Å². The summed E-state index contributed by atoms with van der Waals surface area (Å²) in [7, 11) is 0. The van der Waals surface area contributed by atoms with Crippen molar-refractivity contribution in [2.45, 2.75) is 26.4 Å². The Morgan fingerprint density at radius 3 is 2.94 bits per heavy atom. The average Bonchev–Trinajstić information content (AvgIpc) is 2.85. The van der Waals surface area contributed by atoms with Crippen molar-refractivity contribution in [3.8, 4) is 10.6 Å². The number of nitrogens with two attached hydrogens (primary N) is 1. The summed E-state index contributed by atoms with van der Waals surface area (Å²) in [6, 6.07) is 4.34. The molecule has 16 heavy (non-hydrogen) atoms. The van der Waals surface area contributed by atoms with Crippen LogP contribution < -0.4 is 5.73 Å². The van der Waals surface area contributed by atoms with Gasteiger partial charge >= 0.3 is 0 Å². The quantitative estimate of drug-likeness (QED) is 0.885. The van der Waals surface area contributed by atoms with Crippen LogP contribution in [0.25, 0.3) is 10.6 Å². The van der Waals surface area contributed by atoms with Crippen molar-refractivity contribution in [3.05, 3.63) is 30.0 Å². The summed E-state index contributed by atoms with van der Waals surface area (Å²) in [5.41, 5.74) is 7.24. The van der Waals surface area contributed by atoms with Crippen molar-refractivity contribution in [2.75, 3.05) is 0 Å². The molecule has 2 N–H and O–H groups in total. The molecule has 3 nitrogen and oxygen atoms in total. The van der Waals surface area contributed by atoms with Gasteiger partial charge in [-0.3, -0.25) is 0 Å². The van der Waals surface area contributed by atoms with Crippen molar-refractivity contribution in [1.29, 1.82) is 0 Å². The molecule has 2 heterocycles. The zero-order chi connectivity index (χ0) is 11.5. The molecule has 86 valence electrons. The molecule has 0 saturated heterocycles. The Hall–Kier alpha value is -1.13. The lowest BCUT2D eigenvalue weighted by Crippen LogP contribution is -2.31. The van der Waals surface area contributed by atoms with Crippen LogP contribution in [-0.2, 0) is 6.54 Å². The topological polar surface area (TPSA) is 43.8 Å². The molecule has 1 unspecified atom stereocenters. The van der Waals surface area contributed by atoms with Crippen molar-refractivity contribution in [3.63, 3.8) is 0 Å². The van der Waals surface area contributed by atoms with Gasteiger partial charge in [-0.1, -0.05) is 19.9 Å². The van der Waals surface area contributed by atoms with Gasteiger partial charge in [0.2, 0.25) is 0 Å². The van der Waals surface area contributed by atoms with Crippen LogP contribution in [0.15, 0.2) is 30.0 Å².